The highest BCUT2D eigenvalue weighted by atomic mass is 16.2. The maximum absolute atomic E-state index is 11.9. The number of nitrogens with two attached hydrogens (primary N) is 1. The van der Waals surface area contributed by atoms with E-state index < -0.39 is 0 Å². The molecule has 15 heavy (non-hydrogen) atoms. The van der Waals surface area contributed by atoms with Gasteiger partial charge < -0.3 is 10.3 Å². The van der Waals surface area contributed by atoms with Crippen LogP contribution in [0, 0.1) is 0 Å². The van der Waals surface area contributed by atoms with Crippen LogP contribution in [0.2, 0.25) is 0 Å². The standard InChI is InChI=1S/C11H17N3O/c1-3-14(4-2)11(15)9-5-7-10(13-12)8-6-9/h5-8,13H,3-4,12H2,1-2H3. The molecule has 0 heterocycles. The van der Waals surface area contributed by atoms with Crippen molar-refractivity contribution in [2.45, 2.75) is 13.8 Å². The summed E-state index contributed by atoms with van der Waals surface area (Å²) in [6.07, 6.45) is 0. The van der Waals surface area contributed by atoms with E-state index in [1.165, 1.54) is 0 Å². The fourth-order valence-electron chi connectivity index (χ4n) is 1.40. The number of carbonyl (C=O) groups excluding carboxylic acids is 1. The van der Waals surface area contributed by atoms with Crippen molar-refractivity contribution in [2.75, 3.05) is 18.5 Å². The molecule has 0 aliphatic carbocycles. The number of hydrogen-bond donors (Lipinski definition) is 2. The minimum Gasteiger partial charge on any atom is -0.339 e. The maximum atomic E-state index is 11.9. The zero-order chi connectivity index (χ0) is 11.3. The first-order valence-electron chi connectivity index (χ1n) is 5.08. The zero-order valence-electron chi connectivity index (χ0n) is 9.16. The molecule has 0 unspecified atom stereocenters. The number of benzene rings is 1. The summed E-state index contributed by atoms with van der Waals surface area (Å²) in [4.78, 5) is 13.7. The Hall–Kier alpha value is -1.55. The number of amides is 1. The Labute approximate surface area is 90.0 Å². The van der Waals surface area contributed by atoms with E-state index in [1.54, 1.807) is 29.2 Å². The number of nitrogens with zero attached hydrogens (tertiary/aromatic N) is 1. The van der Waals surface area contributed by atoms with Gasteiger partial charge in [0.1, 0.15) is 0 Å². The molecule has 0 atom stereocenters. The monoisotopic (exact) mass is 207 g/mol. The topological polar surface area (TPSA) is 58.4 Å². The van der Waals surface area contributed by atoms with Crippen LogP contribution in [0.3, 0.4) is 0 Å². The number of hydrogen-bond acceptors (Lipinski definition) is 3. The van der Waals surface area contributed by atoms with Crippen molar-refractivity contribution in [1.82, 2.24) is 4.90 Å². The fourth-order valence-corrected chi connectivity index (χ4v) is 1.40. The Morgan fingerprint density at radius 1 is 1.27 bits per heavy atom. The molecule has 0 aliphatic heterocycles. The second-order valence-electron chi connectivity index (χ2n) is 3.20. The zero-order valence-corrected chi connectivity index (χ0v) is 9.16. The van der Waals surface area contributed by atoms with Gasteiger partial charge >= 0.3 is 0 Å². The molecule has 3 N–H and O–H groups in total. The molecule has 1 rings (SSSR count). The lowest BCUT2D eigenvalue weighted by atomic mass is 10.2. The number of hydrazine groups is 1. The highest BCUT2D eigenvalue weighted by molar-refractivity contribution is 5.94. The smallest absolute Gasteiger partial charge is 0.253 e. The Balaban J connectivity index is 2.82. The van der Waals surface area contributed by atoms with Gasteiger partial charge in [0.2, 0.25) is 0 Å². The van der Waals surface area contributed by atoms with Gasteiger partial charge in [-0.1, -0.05) is 0 Å². The van der Waals surface area contributed by atoms with Gasteiger partial charge in [0.05, 0.1) is 0 Å². The maximum Gasteiger partial charge on any atom is 0.253 e. The predicted molar refractivity (Wildman–Crippen MR) is 61.5 cm³/mol. The number of carbonyl (C=O) groups is 1. The Bertz CT molecular complexity index is 317. The predicted octanol–water partition coefficient (Wildman–Crippen LogP) is 1.45. The first-order chi connectivity index (χ1) is 7.22. The van der Waals surface area contributed by atoms with Gasteiger partial charge in [-0.3, -0.25) is 10.6 Å². The van der Waals surface area contributed by atoms with Gasteiger partial charge in [0, 0.05) is 24.3 Å². The van der Waals surface area contributed by atoms with Crippen LogP contribution in [0.15, 0.2) is 24.3 Å². The van der Waals surface area contributed by atoms with Crippen molar-refractivity contribution in [3.05, 3.63) is 29.8 Å². The van der Waals surface area contributed by atoms with Crippen LogP contribution in [0.25, 0.3) is 0 Å². The van der Waals surface area contributed by atoms with Crippen molar-refractivity contribution >= 4 is 11.6 Å². The van der Waals surface area contributed by atoms with E-state index in [-0.39, 0.29) is 5.91 Å². The quantitative estimate of drug-likeness (QED) is 0.580. The lowest BCUT2D eigenvalue weighted by Crippen LogP contribution is -2.30. The van der Waals surface area contributed by atoms with Crippen molar-refractivity contribution < 1.29 is 4.79 Å². The van der Waals surface area contributed by atoms with Gasteiger partial charge in [0.15, 0.2) is 0 Å². The second-order valence-corrected chi connectivity index (χ2v) is 3.20. The van der Waals surface area contributed by atoms with Gasteiger partial charge in [-0.15, -0.1) is 0 Å². The normalized spacial score (nSPS) is 9.80. The summed E-state index contributed by atoms with van der Waals surface area (Å²) in [5.41, 5.74) is 4.02. The number of anilines is 1. The molecule has 0 bridgehead atoms. The average molecular weight is 207 g/mol. The third-order valence-electron chi connectivity index (χ3n) is 2.35. The van der Waals surface area contributed by atoms with E-state index in [2.05, 4.69) is 5.43 Å². The van der Waals surface area contributed by atoms with Crippen molar-refractivity contribution in [3.8, 4) is 0 Å². The molecule has 0 aliphatic rings. The second kappa shape index (κ2) is 5.36. The van der Waals surface area contributed by atoms with E-state index in [0.717, 1.165) is 18.8 Å². The van der Waals surface area contributed by atoms with Crippen LogP contribution in [0.4, 0.5) is 5.69 Å². The summed E-state index contributed by atoms with van der Waals surface area (Å²) in [5, 5.41) is 0. The molecular weight excluding hydrogens is 190 g/mol. The van der Waals surface area contributed by atoms with E-state index in [4.69, 9.17) is 5.84 Å². The molecular formula is C11H17N3O. The minimum absolute atomic E-state index is 0.0589. The van der Waals surface area contributed by atoms with E-state index in [1.807, 2.05) is 13.8 Å². The molecule has 0 saturated carbocycles. The molecule has 1 aromatic carbocycles. The van der Waals surface area contributed by atoms with Crippen LogP contribution < -0.4 is 11.3 Å². The molecule has 82 valence electrons. The molecule has 0 radical (unpaired) electrons. The molecule has 1 aromatic rings. The Morgan fingerprint density at radius 2 is 1.80 bits per heavy atom. The molecule has 4 nitrogen and oxygen atoms in total. The largest absolute Gasteiger partial charge is 0.339 e. The molecule has 4 heteroatoms. The first-order valence-corrected chi connectivity index (χ1v) is 5.08. The average Bonchev–Trinajstić information content (AvgIpc) is 2.30. The minimum atomic E-state index is 0.0589. The first kappa shape index (κ1) is 11.5. The summed E-state index contributed by atoms with van der Waals surface area (Å²) in [7, 11) is 0. The molecule has 0 aromatic heterocycles. The molecule has 0 saturated heterocycles. The summed E-state index contributed by atoms with van der Waals surface area (Å²) < 4.78 is 0. The van der Waals surface area contributed by atoms with E-state index in [0.29, 0.717) is 5.56 Å². The highest BCUT2D eigenvalue weighted by Gasteiger charge is 2.11. The number of nitrogen functional groups attached to an aromatic ring is 1. The SMILES string of the molecule is CCN(CC)C(=O)c1ccc(NN)cc1. The fraction of sp³-hybridized carbons (Fsp3) is 0.364. The number of rotatable bonds is 4. The summed E-state index contributed by atoms with van der Waals surface area (Å²) in [6, 6.07) is 7.12. The molecule has 0 fully saturated rings. The van der Waals surface area contributed by atoms with E-state index in [9.17, 15) is 4.79 Å². The summed E-state index contributed by atoms with van der Waals surface area (Å²) in [6.45, 7) is 5.40. The van der Waals surface area contributed by atoms with Crippen LogP contribution in [-0.4, -0.2) is 23.9 Å². The van der Waals surface area contributed by atoms with Gasteiger partial charge in [-0.05, 0) is 38.1 Å². The lowest BCUT2D eigenvalue weighted by Gasteiger charge is -2.18. The van der Waals surface area contributed by atoms with Gasteiger partial charge in [0.25, 0.3) is 5.91 Å². The van der Waals surface area contributed by atoms with Crippen LogP contribution in [-0.2, 0) is 0 Å². The van der Waals surface area contributed by atoms with Crippen LogP contribution in [0.1, 0.15) is 24.2 Å². The third-order valence-corrected chi connectivity index (χ3v) is 2.35. The van der Waals surface area contributed by atoms with Gasteiger partial charge in [-0.25, -0.2) is 0 Å². The molecule has 1 amide bonds. The van der Waals surface area contributed by atoms with Crippen molar-refractivity contribution in [1.29, 1.82) is 0 Å². The Kier molecular flexibility index (Phi) is 4.12. The van der Waals surface area contributed by atoms with Crippen LogP contribution in [0.5, 0.6) is 0 Å². The lowest BCUT2D eigenvalue weighted by molar-refractivity contribution is 0.0773. The van der Waals surface area contributed by atoms with Crippen molar-refractivity contribution in [3.63, 3.8) is 0 Å². The Morgan fingerprint density at radius 3 is 2.20 bits per heavy atom. The summed E-state index contributed by atoms with van der Waals surface area (Å²) >= 11 is 0. The molecule has 0 spiro atoms. The van der Waals surface area contributed by atoms with Crippen LogP contribution >= 0.6 is 0 Å². The highest BCUT2D eigenvalue weighted by Crippen LogP contribution is 2.10. The summed E-state index contributed by atoms with van der Waals surface area (Å²) in [5.74, 6) is 5.30. The van der Waals surface area contributed by atoms with E-state index >= 15 is 0 Å². The van der Waals surface area contributed by atoms with Crippen molar-refractivity contribution in [2.24, 2.45) is 5.84 Å². The third kappa shape index (κ3) is 2.70. The number of nitrogens with one attached hydrogen (secondary N) is 1. The van der Waals surface area contributed by atoms with Gasteiger partial charge in [-0.2, -0.15) is 0 Å².